The Labute approximate surface area is 124 Å². The molecular weight excluding hydrogens is 322 g/mol. The molecule has 104 valence electrons. The molecule has 2 aromatic heterocycles. The van der Waals surface area contributed by atoms with Crippen molar-refractivity contribution in [1.82, 2.24) is 15.0 Å². The van der Waals surface area contributed by atoms with Gasteiger partial charge in [0, 0.05) is 10.7 Å². The molecule has 1 atom stereocenters. The molecule has 1 aliphatic carbocycles. The summed E-state index contributed by atoms with van der Waals surface area (Å²) in [6.07, 6.45) is 8.41. The Hall–Kier alpha value is -1.69. The van der Waals surface area contributed by atoms with Crippen LogP contribution >= 0.6 is 15.9 Å². The highest BCUT2D eigenvalue weighted by atomic mass is 79.9. The number of halogens is 1. The highest BCUT2D eigenvalue weighted by Gasteiger charge is 2.20. The maximum absolute atomic E-state index is 11.9. The number of allylic oxidation sites excluding steroid dienone is 2. The van der Waals surface area contributed by atoms with Gasteiger partial charge in [-0.15, -0.1) is 0 Å². The summed E-state index contributed by atoms with van der Waals surface area (Å²) in [5.74, 6) is 0.450. The molecule has 0 spiro atoms. The van der Waals surface area contributed by atoms with E-state index in [4.69, 9.17) is 4.74 Å². The Balaban J connectivity index is 1.64. The summed E-state index contributed by atoms with van der Waals surface area (Å²) >= 11 is 3.35. The van der Waals surface area contributed by atoms with Crippen LogP contribution in [-0.4, -0.2) is 20.9 Å². The number of H-pyrrole nitrogens is 1. The second-order valence-corrected chi connectivity index (χ2v) is 5.71. The van der Waals surface area contributed by atoms with Crippen LogP contribution in [0.15, 0.2) is 28.9 Å². The van der Waals surface area contributed by atoms with E-state index in [9.17, 15) is 4.79 Å². The van der Waals surface area contributed by atoms with Crippen molar-refractivity contribution in [2.45, 2.75) is 25.9 Å². The zero-order valence-corrected chi connectivity index (χ0v) is 12.4. The first-order valence-electron chi connectivity index (χ1n) is 6.54. The van der Waals surface area contributed by atoms with E-state index in [1.165, 1.54) is 0 Å². The zero-order valence-electron chi connectivity index (χ0n) is 10.8. The van der Waals surface area contributed by atoms with Gasteiger partial charge in [0.2, 0.25) is 0 Å². The number of aromatic amines is 1. The van der Waals surface area contributed by atoms with Crippen molar-refractivity contribution in [3.8, 4) is 0 Å². The third-order valence-electron chi connectivity index (χ3n) is 3.31. The fraction of sp³-hybridized carbons (Fsp3) is 0.357. The van der Waals surface area contributed by atoms with E-state index in [0.717, 1.165) is 29.3 Å². The molecule has 1 N–H and O–H groups in total. The summed E-state index contributed by atoms with van der Waals surface area (Å²) in [6.45, 7) is 0.160. The Kier molecular flexibility index (Phi) is 3.82. The topological polar surface area (TPSA) is 67.9 Å². The number of esters is 1. The van der Waals surface area contributed by atoms with Gasteiger partial charge in [0.15, 0.2) is 5.65 Å². The van der Waals surface area contributed by atoms with Crippen LogP contribution in [0.3, 0.4) is 0 Å². The van der Waals surface area contributed by atoms with Gasteiger partial charge in [-0.05, 0) is 41.3 Å². The molecule has 6 heteroatoms. The summed E-state index contributed by atoms with van der Waals surface area (Å²) in [5, 5.41) is 0. The van der Waals surface area contributed by atoms with Crippen molar-refractivity contribution in [3.05, 3.63) is 34.7 Å². The molecule has 0 fully saturated rings. The van der Waals surface area contributed by atoms with E-state index in [2.05, 4.69) is 37.0 Å². The van der Waals surface area contributed by atoms with E-state index in [1.54, 1.807) is 6.20 Å². The van der Waals surface area contributed by atoms with Crippen LogP contribution in [0.2, 0.25) is 0 Å². The van der Waals surface area contributed by atoms with Gasteiger partial charge in [-0.2, -0.15) is 0 Å². The largest absolute Gasteiger partial charge is 0.457 e. The van der Waals surface area contributed by atoms with Crippen LogP contribution < -0.4 is 0 Å². The summed E-state index contributed by atoms with van der Waals surface area (Å²) < 4.78 is 6.20. The number of rotatable bonds is 3. The lowest BCUT2D eigenvalue weighted by Gasteiger charge is -2.15. The molecule has 1 aliphatic rings. The van der Waals surface area contributed by atoms with Crippen molar-refractivity contribution in [1.29, 1.82) is 0 Å². The van der Waals surface area contributed by atoms with Crippen molar-refractivity contribution < 1.29 is 9.53 Å². The highest BCUT2D eigenvalue weighted by Crippen LogP contribution is 2.20. The number of pyridine rings is 1. The normalized spacial score (nSPS) is 18.4. The maximum Gasteiger partial charge on any atom is 0.309 e. The Bertz CT molecular complexity index is 665. The minimum atomic E-state index is -0.149. The van der Waals surface area contributed by atoms with Gasteiger partial charge in [0.05, 0.1) is 11.4 Å². The maximum atomic E-state index is 11.9. The molecule has 1 unspecified atom stereocenters. The molecule has 2 aromatic rings. The average molecular weight is 336 g/mol. The number of imidazole rings is 1. The van der Waals surface area contributed by atoms with Crippen molar-refractivity contribution in [3.63, 3.8) is 0 Å². The van der Waals surface area contributed by atoms with E-state index >= 15 is 0 Å². The van der Waals surface area contributed by atoms with E-state index < -0.39 is 0 Å². The second kappa shape index (κ2) is 5.75. The molecule has 2 heterocycles. The molecule has 0 bridgehead atoms. The van der Waals surface area contributed by atoms with Gasteiger partial charge < -0.3 is 9.72 Å². The monoisotopic (exact) mass is 335 g/mol. The smallest absolute Gasteiger partial charge is 0.309 e. The first kappa shape index (κ1) is 13.3. The van der Waals surface area contributed by atoms with Crippen LogP contribution in [-0.2, 0) is 16.1 Å². The predicted octanol–water partition coefficient (Wildman–Crippen LogP) is 3.12. The number of carbonyl (C=O) groups is 1. The van der Waals surface area contributed by atoms with Crippen LogP contribution in [0.5, 0.6) is 0 Å². The predicted molar refractivity (Wildman–Crippen MR) is 77.9 cm³/mol. The van der Waals surface area contributed by atoms with Crippen LogP contribution in [0.4, 0.5) is 0 Å². The van der Waals surface area contributed by atoms with Gasteiger partial charge in [-0.1, -0.05) is 12.2 Å². The fourth-order valence-corrected chi connectivity index (χ4v) is 2.59. The van der Waals surface area contributed by atoms with Crippen LogP contribution in [0, 0.1) is 5.92 Å². The van der Waals surface area contributed by atoms with Crippen LogP contribution in [0.25, 0.3) is 11.2 Å². The average Bonchev–Trinajstić information content (AvgIpc) is 2.87. The molecule has 0 saturated carbocycles. The van der Waals surface area contributed by atoms with Crippen molar-refractivity contribution >= 4 is 33.1 Å². The lowest BCUT2D eigenvalue weighted by atomic mass is 9.95. The second-order valence-electron chi connectivity index (χ2n) is 4.80. The molecule has 0 aromatic carbocycles. The summed E-state index contributed by atoms with van der Waals surface area (Å²) in [4.78, 5) is 23.5. The molecule has 0 amide bonds. The zero-order chi connectivity index (χ0) is 13.9. The Morgan fingerprint density at radius 1 is 1.50 bits per heavy atom. The first-order chi connectivity index (χ1) is 9.72. The van der Waals surface area contributed by atoms with Gasteiger partial charge in [-0.3, -0.25) is 4.79 Å². The van der Waals surface area contributed by atoms with Gasteiger partial charge in [-0.25, -0.2) is 9.97 Å². The fourth-order valence-electron chi connectivity index (χ4n) is 2.26. The number of fused-ring (bicyclic) bond motifs is 1. The van der Waals surface area contributed by atoms with Crippen LogP contribution in [0.1, 0.15) is 25.1 Å². The molecule has 20 heavy (non-hydrogen) atoms. The molecule has 5 nitrogen and oxygen atoms in total. The summed E-state index contributed by atoms with van der Waals surface area (Å²) in [6, 6.07) is 1.90. The van der Waals surface area contributed by atoms with Gasteiger partial charge in [0.25, 0.3) is 0 Å². The van der Waals surface area contributed by atoms with E-state index in [0.29, 0.717) is 11.5 Å². The molecule has 0 saturated heterocycles. The van der Waals surface area contributed by atoms with Gasteiger partial charge >= 0.3 is 5.97 Å². The van der Waals surface area contributed by atoms with Gasteiger partial charge in [0.1, 0.15) is 12.4 Å². The number of hydrogen-bond acceptors (Lipinski definition) is 4. The quantitative estimate of drug-likeness (QED) is 0.691. The lowest BCUT2D eigenvalue weighted by Crippen LogP contribution is -2.18. The summed E-state index contributed by atoms with van der Waals surface area (Å²) in [5.41, 5.74) is 1.45. The van der Waals surface area contributed by atoms with Crippen molar-refractivity contribution in [2.75, 3.05) is 0 Å². The standard InChI is InChI=1S/C14H14BrN3O2/c15-10-6-11-13(16-7-10)18-12(17-11)8-20-14(19)9-4-2-1-3-5-9/h1-2,6-7,9H,3-5,8H2,(H,16,17,18). The first-order valence-corrected chi connectivity index (χ1v) is 7.33. The minimum Gasteiger partial charge on any atom is -0.457 e. The number of carbonyl (C=O) groups excluding carboxylic acids is 1. The Morgan fingerprint density at radius 2 is 2.40 bits per heavy atom. The molecule has 0 aliphatic heterocycles. The number of hydrogen-bond donors (Lipinski definition) is 1. The number of nitrogens with one attached hydrogen (secondary N) is 1. The van der Waals surface area contributed by atoms with E-state index in [1.807, 2.05) is 12.1 Å². The third-order valence-corrected chi connectivity index (χ3v) is 3.74. The summed E-state index contributed by atoms with van der Waals surface area (Å²) in [7, 11) is 0. The number of aromatic nitrogens is 3. The third kappa shape index (κ3) is 2.90. The van der Waals surface area contributed by atoms with Crippen molar-refractivity contribution in [2.24, 2.45) is 5.92 Å². The lowest BCUT2D eigenvalue weighted by molar-refractivity contribution is -0.150. The molecule has 3 rings (SSSR count). The number of ether oxygens (including phenoxy) is 1. The Morgan fingerprint density at radius 3 is 3.20 bits per heavy atom. The minimum absolute atomic E-state index is 0.0170. The van der Waals surface area contributed by atoms with E-state index in [-0.39, 0.29) is 18.5 Å². The SMILES string of the molecule is O=C(OCc1nc2ncc(Br)cc2[nH]1)C1CC=CCC1. The molecular formula is C14H14BrN3O2. The molecule has 0 radical (unpaired) electrons. The number of nitrogens with zero attached hydrogens (tertiary/aromatic N) is 2. The highest BCUT2D eigenvalue weighted by molar-refractivity contribution is 9.10.